The molecule has 0 saturated carbocycles. The van der Waals surface area contributed by atoms with E-state index in [0.29, 0.717) is 12.1 Å². The van der Waals surface area contributed by atoms with Crippen molar-refractivity contribution in [1.82, 2.24) is 0 Å². The van der Waals surface area contributed by atoms with E-state index in [-0.39, 0.29) is 11.7 Å². The highest BCUT2D eigenvalue weighted by atomic mass is 16.3. The lowest BCUT2D eigenvalue weighted by Gasteiger charge is -2.06. The van der Waals surface area contributed by atoms with Crippen molar-refractivity contribution >= 4 is 11.6 Å². The Morgan fingerprint density at radius 1 is 1.00 bits per heavy atom. The molecule has 0 aromatic heterocycles. The van der Waals surface area contributed by atoms with Gasteiger partial charge in [0.05, 0.1) is 12.1 Å². The van der Waals surface area contributed by atoms with Gasteiger partial charge in [-0.15, -0.1) is 0 Å². The molecular weight excluding hydrogens is 214 g/mol. The van der Waals surface area contributed by atoms with Gasteiger partial charge < -0.3 is 10.4 Å². The molecule has 0 spiro atoms. The van der Waals surface area contributed by atoms with Gasteiger partial charge in [0.1, 0.15) is 5.75 Å². The molecule has 86 valence electrons. The molecular formula is C14H13NO2. The minimum absolute atomic E-state index is 0.0777. The van der Waals surface area contributed by atoms with Crippen molar-refractivity contribution in [3.63, 3.8) is 0 Å². The number of aromatic hydroxyl groups is 1. The number of phenols is 1. The van der Waals surface area contributed by atoms with E-state index in [4.69, 9.17) is 0 Å². The third kappa shape index (κ3) is 3.08. The molecule has 2 N–H and O–H groups in total. The lowest BCUT2D eigenvalue weighted by atomic mass is 10.1. The first kappa shape index (κ1) is 11.2. The Morgan fingerprint density at radius 2 is 1.65 bits per heavy atom. The van der Waals surface area contributed by atoms with Crippen LogP contribution in [-0.2, 0) is 11.2 Å². The summed E-state index contributed by atoms with van der Waals surface area (Å²) in [4.78, 5) is 11.7. The Hall–Kier alpha value is -2.29. The quantitative estimate of drug-likeness (QED) is 0.792. The van der Waals surface area contributed by atoms with Crippen molar-refractivity contribution in [1.29, 1.82) is 0 Å². The Labute approximate surface area is 99.7 Å². The molecule has 1 amide bonds. The second-order valence-electron chi connectivity index (χ2n) is 3.73. The number of hydrogen-bond acceptors (Lipinski definition) is 2. The van der Waals surface area contributed by atoms with E-state index in [2.05, 4.69) is 5.32 Å². The SMILES string of the molecule is O=C(Cc1ccccc1)Nc1ccccc1O. The molecule has 3 nitrogen and oxygen atoms in total. The Kier molecular flexibility index (Phi) is 3.40. The smallest absolute Gasteiger partial charge is 0.228 e. The van der Waals surface area contributed by atoms with E-state index < -0.39 is 0 Å². The zero-order valence-corrected chi connectivity index (χ0v) is 9.26. The minimum Gasteiger partial charge on any atom is -0.506 e. The van der Waals surface area contributed by atoms with E-state index in [1.54, 1.807) is 18.2 Å². The molecule has 0 fully saturated rings. The third-order valence-corrected chi connectivity index (χ3v) is 2.39. The molecule has 0 aliphatic rings. The molecule has 0 atom stereocenters. The van der Waals surface area contributed by atoms with Gasteiger partial charge in [-0.2, -0.15) is 0 Å². The lowest BCUT2D eigenvalue weighted by molar-refractivity contribution is -0.115. The first-order valence-electron chi connectivity index (χ1n) is 5.37. The molecule has 0 radical (unpaired) electrons. The first-order valence-corrected chi connectivity index (χ1v) is 5.37. The number of nitrogens with one attached hydrogen (secondary N) is 1. The minimum atomic E-state index is -0.141. The lowest BCUT2D eigenvalue weighted by Crippen LogP contribution is -2.14. The third-order valence-electron chi connectivity index (χ3n) is 2.39. The fourth-order valence-corrected chi connectivity index (χ4v) is 1.55. The van der Waals surface area contributed by atoms with Gasteiger partial charge in [0.15, 0.2) is 0 Å². The Balaban J connectivity index is 2.01. The molecule has 2 aromatic carbocycles. The predicted molar refractivity (Wildman–Crippen MR) is 66.9 cm³/mol. The molecule has 0 aliphatic heterocycles. The summed E-state index contributed by atoms with van der Waals surface area (Å²) in [6.07, 6.45) is 0.301. The van der Waals surface area contributed by atoms with Crippen LogP contribution in [0, 0.1) is 0 Å². The van der Waals surface area contributed by atoms with Crippen LogP contribution in [0.1, 0.15) is 5.56 Å². The molecule has 3 heteroatoms. The number of rotatable bonds is 3. The van der Waals surface area contributed by atoms with Gasteiger partial charge in [0, 0.05) is 0 Å². The zero-order valence-electron chi connectivity index (χ0n) is 9.26. The van der Waals surface area contributed by atoms with Gasteiger partial charge in [-0.3, -0.25) is 4.79 Å². The summed E-state index contributed by atoms with van der Waals surface area (Å²) in [5, 5.41) is 12.2. The highest BCUT2D eigenvalue weighted by molar-refractivity contribution is 5.93. The largest absolute Gasteiger partial charge is 0.506 e. The molecule has 2 rings (SSSR count). The summed E-state index contributed by atoms with van der Waals surface area (Å²) in [6.45, 7) is 0. The number of carbonyl (C=O) groups is 1. The normalized spacial score (nSPS) is 9.88. The van der Waals surface area contributed by atoms with E-state index in [1.807, 2.05) is 30.3 Å². The number of para-hydroxylation sites is 2. The molecule has 0 heterocycles. The van der Waals surface area contributed by atoms with Gasteiger partial charge in [0.2, 0.25) is 5.91 Å². The molecule has 0 unspecified atom stereocenters. The second-order valence-corrected chi connectivity index (χ2v) is 3.73. The predicted octanol–water partition coefficient (Wildman–Crippen LogP) is 2.57. The summed E-state index contributed by atoms with van der Waals surface area (Å²) in [6, 6.07) is 16.2. The molecule has 0 bridgehead atoms. The van der Waals surface area contributed by atoms with Crippen molar-refractivity contribution in [3.8, 4) is 5.75 Å². The van der Waals surface area contributed by atoms with Crippen LogP contribution in [0.3, 0.4) is 0 Å². The number of benzene rings is 2. The zero-order chi connectivity index (χ0) is 12.1. The van der Waals surface area contributed by atoms with Crippen LogP contribution in [-0.4, -0.2) is 11.0 Å². The molecule has 0 saturated heterocycles. The van der Waals surface area contributed by atoms with Crippen molar-refractivity contribution < 1.29 is 9.90 Å². The average molecular weight is 227 g/mol. The fourth-order valence-electron chi connectivity index (χ4n) is 1.55. The Morgan fingerprint density at radius 3 is 2.35 bits per heavy atom. The average Bonchev–Trinajstić information content (AvgIpc) is 2.33. The Bertz CT molecular complexity index is 509. The summed E-state index contributed by atoms with van der Waals surface area (Å²) in [5.74, 6) is -0.0633. The van der Waals surface area contributed by atoms with Crippen molar-refractivity contribution in [2.24, 2.45) is 0 Å². The van der Waals surface area contributed by atoms with Crippen LogP contribution in [0.2, 0.25) is 0 Å². The highest BCUT2D eigenvalue weighted by Crippen LogP contribution is 2.21. The van der Waals surface area contributed by atoms with Crippen LogP contribution in [0.15, 0.2) is 54.6 Å². The van der Waals surface area contributed by atoms with Crippen molar-refractivity contribution in [2.45, 2.75) is 6.42 Å². The van der Waals surface area contributed by atoms with Crippen LogP contribution in [0.5, 0.6) is 5.75 Å². The monoisotopic (exact) mass is 227 g/mol. The number of anilines is 1. The van der Waals surface area contributed by atoms with E-state index in [9.17, 15) is 9.90 Å². The number of phenolic OH excluding ortho intramolecular Hbond substituents is 1. The van der Waals surface area contributed by atoms with Crippen LogP contribution >= 0.6 is 0 Å². The standard InChI is InChI=1S/C14H13NO2/c16-13-9-5-4-8-12(13)15-14(17)10-11-6-2-1-3-7-11/h1-9,16H,10H2,(H,15,17). The topological polar surface area (TPSA) is 49.3 Å². The molecule has 17 heavy (non-hydrogen) atoms. The van der Waals surface area contributed by atoms with Gasteiger partial charge in [0.25, 0.3) is 0 Å². The van der Waals surface area contributed by atoms with Gasteiger partial charge >= 0.3 is 0 Å². The maximum Gasteiger partial charge on any atom is 0.228 e. The second kappa shape index (κ2) is 5.16. The summed E-state index contributed by atoms with van der Waals surface area (Å²) >= 11 is 0. The van der Waals surface area contributed by atoms with Crippen molar-refractivity contribution in [3.05, 3.63) is 60.2 Å². The number of amides is 1. The van der Waals surface area contributed by atoms with E-state index >= 15 is 0 Å². The maximum atomic E-state index is 11.7. The van der Waals surface area contributed by atoms with Crippen LogP contribution < -0.4 is 5.32 Å². The summed E-state index contributed by atoms with van der Waals surface area (Å²) in [5.41, 5.74) is 1.38. The molecule has 2 aromatic rings. The highest BCUT2D eigenvalue weighted by Gasteiger charge is 2.06. The van der Waals surface area contributed by atoms with Crippen LogP contribution in [0.4, 0.5) is 5.69 Å². The maximum absolute atomic E-state index is 11.7. The summed E-state index contributed by atoms with van der Waals surface area (Å²) < 4.78 is 0. The van der Waals surface area contributed by atoms with Crippen molar-refractivity contribution in [2.75, 3.05) is 5.32 Å². The summed E-state index contributed by atoms with van der Waals surface area (Å²) in [7, 11) is 0. The van der Waals surface area contributed by atoms with Gasteiger partial charge in [-0.25, -0.2) is 0 Å². The molecule has 0 aliphatic carbocycles. The van der Waals surface area contributed by atoms with E-state index in [1.165, 1.54) is 6.07 Å². The van der Waals surface area contributed by atoms with E-state index in [0.717, 1.165) is 5.56 Å². The number of carbonyl (C=O) groups excluding carboxylic acids is 1. The fraction of sp³-hybridized carbons (Fsp3) is 0.0714. The van der Waals surface area contributed by atoms with Gasteiger partial charge in [-0.1, -0.05) is 42.5 Å². The van der Waals surface area contributed by atoms with Gasteiger partial charge in [-0.05, 0) is 17.7 Å². The van der Waals surface area contributed by atoms with Crippen LogP contribution in [0.25, 0.3) is 0 Å². The first-order chi connectivity index (χ1) is 8.25. The number of hydrogen-bond donors (Lipinski definition) is 2.